The van der Waals surface area contributed by atoms with Crippen molar-refractivity contribution in [3.63, 3.8) is 0 Å². The van der Waals surface area contributed by atoms with Gasteiger partial charge >= 0.3 is 0 Å². The monoisotopic (exact) mass is 233 g/mol. The summed E-state index contributed by atoms with van der Waals surface area (Å²) < 4.78 is 5.77. The summed E-state index contributed by atoms with van der Waals surface area (Å²) in [6.45, 7) is 2.99. The summed E-state index contributed by atoms with van der Waals surface area (Å²) in [7, 11) is 0. The van der Waals surface area contributed by atoms with Gasteiger partial charge in [-0.3, -0.25) is 0 Å². The molecule has 92 valence electrons. The van der Waals surface area contributed by atoms with Crippen molar-refractivity contribution >= 4 is 0 Å². The number of aromatic nitrogens is 2. The molecular weight excluding hydrogens is 214 g/mol. The fourth-order valence-electron chi connectivity index (χ4n) is 2.30. The first-order valence-electron chi connectivity index (χ1n) is 6.57. The topological polar surface area (TPSA) is 47.0 Å². The van der Waals surface area contributed by atoms with Crippen molar-refractivity contribution in [1.29, 1.82) is 0 Å². The minimum atomic E-state index is 0.628. The molecule has 0 radical (unpaired) electrons. The quantitative estimate of drug-likeness (QED) is 0.860. The van der Waals surface area contributed by atoms with E-state index in [4.69, 9.17) is 4.74 Å². The summed E-state index contributed by atoms with van der Waals surface area (Å²) in [5.41, 5.74) is 1.15. The molecule has 4 nitrogen and oxygen atoms in total. The summed E-state index contributed by atoms with van der Waals surface area (Å²) in [4.78, 5) is 8.47. The maximum Gasteiger partial charge on any atom is 0.216 e. The van der Waals surface area contributed by atoms with E-state index in [-0.39, 0.29) is 0 Å². The molecule has 0 spiro atoms. The molecule has 1 aliphatic heterocycles. The van der Waals surface area contributed by atoms with E-state index in [1.807, 2.05) is 6.07 Å². The van der Waals surface area contributed by atoms with Gasteiger partial charge in [-0.1, -0.05) is 0 Å². The van der Waals surface area contributed by atoms with Crippen LogP contribution in [0.15, 0.2) is 12.4 Å². The standard InChI is InChI=1S/C13H19N3O/c1-2-10(7-14-5-1)8-17-13-6-12(11-3-4-11)15-9-16-13/h6,9-11,14H,1-5,7-8H2. The minimum Gasteiger partial charge on any atom is -0.477 e. The smallest absolute Gasteiger partial charge is 0.216 e. The zero-order valence-corrected chi connectivity index (χ0v) is 10.1. The molecule has 2 aliphatic rings. The van der Waals surface area contributed by atoms with Crippen molar-refractivity contribution < 1.29 is 4.74 Å². The Hall–Kier alpha value is -1.16. The first-order valence-corrected chi connectivity index (χ1v) is 6.57. The lowest BCUT2D eigenvalue weighted by molar-refractivity contribution is 0.211. The molecule has 1 unspecified atom stereocenters. The maximum absolute atomic E-state index is 5.77. The van der Waals surface area contributed by atoms with Gasteiger partial charge < -0.3 is 10.1 Å². The van der Waals surface area contributed by atoms with E-state index in [9.17, 15) is 0 Å². The molecule has 3 rings (SSSR count). The first-order chi connectivity index (χ1) is 8.42. The average Bonchev–Trinajstić information content (AvgIpc) is 3.22. The van der Waals surface area contributed by atoms with E-state index in [1.54, 1.807) is 6.33 Å². The lowest BCUT2D eigenvalue weighted by Crippen LogP contribution is -2.33. The summed E-state index contributed by atoms with van der Waals surface area (Å²) in [6, 6.07) is 2.01. The van der Waals surface area contributed by atoms with E-state index in [1.165, 1.54) is 25.7 Å². The molecule has 1 aromatic rings. The fraction of sp³-hybridized carbons (Fsp3) is 0.692. The number of hydrogen-bond acceptors (Lipinski definition) is 4. The summed E-state index contributed by atoms with van der Waals surface area (Å²) in [5.74, 6) is 2.03. The Labute approximate surface area is 102 Å². The van der Waals surface area contributed by atoms with Crippen LogP contribution in [0, 0.1) is 5.92 Å². The molecule has 4 heteroatoms. The highest BCUT2D eigenvalue weighted by atomic mass is 16.5. The number of nitrogens with one attached hydrogen (secondary N) is 1. The molecule has 0 aromatic carbocycles. The van der Waals surface area contributed by atoms with E-state index >= 15 is 0 Å². The van der Waals surface area contributed by atoms with Crippen LogP contribution in [0.5, 0.6) is 5.88 Å². The predicted octanol–water partition coefficient (Wildman–Crippen LogP) is 1.73. The largest absolute Gasteiger partial charge is 0.477 e. The van der Waals surface area contributed by atoms with Gasteiger partial charge in [0.2, 0.25) is 5.88 Å². The predicted molar refractivity (Wildman–Crippen MR) is 65.1 cm³/mol. The Balaban J connectivity index is 1.54. The molecule has 1 N–H and O–H groups in total. The van der Waals surface area contributed by atoms with Gasteiger partial charge in [-0.15, -0.1) is 0 Å². The minimum absolute atomic E-state index is 0.628. The number of rotatable bonds is 4. The molecular formula is C13H19N3O. The Morgan fingerprint density at radius 2 is 2.24 bits per heavy atom. The normalized spacial score (nSPS) is 24.6. The van der Waals surface area contributed by atoms with Gasteiger partial charge in [0.15, 0.2) is 0 Å². The van der Waals surface area contributed by atoms with Crippen molar-refractivity contribution in [2.24, 2.45) is 5.92 Å². The molecule has 17 heavy (non-hydrogen) atoms. The SMILES string of the molecule is c1nc(OCC2CCCNC2)cc(C2CC2)n1. The van der Waals surface area contributed by atoms with Crippen molar-refractivity contribution in [3.05, 3.63) is 18.1 Å². The summed E-state index contributed by atoms with van der Waals surface area (Å²) in [5, 5.41) is 3.40. The lowest BCUT2D eigenvalue weighted by Gasteiger charge is -2.22. The van der Waals surface area contributed by atoms with Gasteiger partial charge in [0.25, 0.3) is 0 Å². The number of piperidine rings is 1. The van der Waals surface area contributed by atoms with Gasteiger partial charge in [0.1, 0.15) is 6.33 Å². The third-order valence-corrected chi connectivity index (χ3v) is 3.52. The average molecular weight is 233 g/mol. The van der Waals surface area contributed by atoms with E-state index < -0.39 is 0 Å². The Morgan fingerprint density at radius 3 is 3.00 bits per heavy atom. The Kier molecular flexibility index (Phi) is 3.22. The van der Waals surface area contributed by atoms with Crippen LogP contribution < -0.4 is 10.1 Å². The maximum atomic E-state index is 5.77. The van der Waals surface area contributed by atoms with E-state index in [2.05, 4.69) is 15.3 Å². The van der Waals surface area contributed by atoms with Crippen LogP contribution in [0.1, 0.15) is 37.3 Å². The van der Waals surface area contributed by atoms with Crippen LogP contribution >= 0.6 is 0 Å². The molecule has 0 bridgehead atoms. The first kappa shape index (κ1) is 11.0. The van der Waals surface area contributed by atoms with Gasteiger partial charge in [-0.05, 0) is 32.2 Å². The lowest BCUT2D eigenvalue weighted by atomic mass is 10.0. The van der Waals surface area contributed by atoms with E-state index in [0.717, 1.165) is 31.3 Å². The van der Waals surface area contributed by atoms with Gasteiger partial charge in [-0.2, -0.15) is 0 Å². The van der Waals surface area contributed by atoms with Crippen molar-refractivity contribution in [2.75, 3.05) is 19.7 Å². The highest BCUT2D eigenvalue weighted by molar-refractivity contribution is 5.20. The van der Waals surface area contributed by atoms with Gasteiger partial charge in [0, 0.05) is 24.4 Å². The molecule has 1 aromatic heterocycles. The van der Waals surface area contributed by atoms with Crippen molar-refractivity contribution in [2.45, 2.75) is 31.6 Å². The molecule has 0 amide bonds. The molecule has 1 atom stereocenters. The number of ether oxygens (including phenoxy) is 1. The van der Waals surface area contributed by atoms with Crippen LogP contribution in [0.4, 0.5) is 0 Å². The third kappa shape index (κ3) is 2.94. The fourth-order valence-corrected chi connectivity index (χ4v) is 2.30. The zero-order chi connectivity index (χ0) is 11.5. The second-order valence-corrected chi connectivity index (χ2v) is 5.08. The summed E-state index contributed by atoms with van der Waals surface area (Å²) in [6.07, 6.45) is 6.67. The Morgan fingerprint density at radius 1 is 1.29 bits per heavy atom. The molecule has 1 saturated heterocycles. The van der Waals surface area contributed by atoms with Crippen LogP contribution in [0.3, 0.4) is 0 Å². The van der Waals surface area contributed by atoms with Gasteiger partial charge in [-0.25, -0.2) is 9.97 Å². The van der Waals surface area contributed by atoms with Crippen LogP contribution in [0.2, 0.25) is 0 Å². The van der Waals surface area contributed by atoms with Crippen molar-refractivity contribution in [3.8, 4) is 5.88 Å². The van der Waals surface area contributed by atoms with Gasteiger partial charge in [0.05, 0.1) is 12.3 Å². The highest BCUT2D eigenvalue weighted by Gasteiger charge is 2.25. The van der Waals surface area contributed by atoms with Crippen LogP contribution in [-0.2, 0) is 0 Å². The molecule has 1 aliphatic carbocycles. The summed E-state index contributed by atoms with van der Waals surface area (Å²) >= 11 is 0. The van der Waals surface area contributed by atoms with Crippen LogP contribution in [-0.4, -0.2) is 29.7 Å². The second-order valence-electron chi connectivity index (χ2n) is 5.08. The third-order valence-electron chi connectivity index (χ3n) is 3.52. The number of hydrogen-bond donors (Lipinski definition) is 1. The second kappa shape index (κ2) is 5.00. The van der Waals surface area contributed by atoms with E-state index in [0.29, 0.717) is 11.8 Å². The Bertz CT molecular complexity index is 373. The highest BCUT2D eigenvalue weighted by Crippen LogP contribution is 2.39. The van der Waals surface area contributed by atoms with Crippen LogP contribution in [0.25, 0.3) is 0 Å². The number of nitrogens with zero attached hydrogens (tertiary/aromatic N) is 2. The van der Waals surface area contributed by atoms with Crippen molar-refractivity contribution in [1.82, 2.24) is 15.3 Å². The molecule has 2 heterocycles. The zero-order valence-electron chi connectivity index (χ0n) is 10.1. The molecule has 2 fully saturated rings. The molecule has 1 saturated carbocycles.